The lowest BCUT2D eigenvalue weighted by Gasteiger charge is -2.40. The Kier molecular flexibility index (Phi) is 15.4. The molecule has 4 atom stereocenters. The molecule has 5 aromatic rings. The lowest BCUT2D eigenvalue weighted by atomic mass is 9.79. The second-order valence-electron chi connectivity index (χ2n) is 15.2. The molecule has 4 aromatic carbocycles. The van der Waals surface area contributed by atoms with Crippen LogP contribution in [0.3, 0.4) is 0 Å². The van der Waals surface area contributed by atoms with Gasteiger partial charge >= 0.3 is 5.69 Å². The zero-order valence-corrected chi connectivity index (χ0v) is 36.6. The maximum absolute atomic E-state index is 13.9. The predicted molar refractivity (Wildman–Crippen MR) is 235 cm³/mol. The molecule has 1 fully saturated rings. The minimum atomic E-state index is -1.64. The Bertz CT molecular complexity index is 2230. The molecule has 1 N–H and O–H groups in total. The van der Waals surface area contributed by atoms with Crippen LogP contribution in [0, 0.1) is 18.3 Å². The van der Waals surface area contributed by atoms with Gasteiger partial charge in [-0.1, -0.05) is 72.8 Å². The van der Waals surface area contributed by atoms with Crippen molar-refractivity contribution in [3.63, 3.8) is 0 Å². The number of carbonyl (C=O) groups excluding carboxylic acids is 1. The van der Waals surface area contributed by atoms with Gasteiger partial charge in [0.1, 0.15) is 35.2 Å². The van der Waals surface area contributed by atoms with Gasteiger partial charge in [0.15, 0.2) is 0 Å². The van der Waals surface area contributed by atoms with E-state index in [0.717, 1.165) is 16.7 Å². The summed E-state index contributed by atoms with van der Waals surface area (Å²) in [5.74, 6) is 1.15. The number of nitrogens with zero attached hydrogens (tertiary/aromatic N) is 4. The third-order valence-electron chi connectivity index (χ3n) is 10.4. The van der Waals surface area contributed by atoms with Gasteiger partial charge in [-0.05, 0) is 87.7 Å². The quantitative estimate of drug-likeness (QED) is 0.0484. The van der Waals surface area contributed by atoms with E-state index in [1.807, 2.05) is 84.9 Å². The molecule has 2 heterocycles. The molecule has 1 amide bonds. The van der Waals surface area contributed by atoms with Crippen molar-refractivity contribution in [1.29, 1.82) is 5.26 Å². The van der Waals surface area contributed by atoms with Gasteiger partial charge in [0.2, 0.25) is 0 Å². The summed E-state index contributed by atoms with van der Waals surface area (Å²) in [7, 11) is 1.61. The first kappa shape index (κ1) is 45.1. The molecule has 0 bridgehead atoms. The number of benzene rings is 4. The molecule has 1 aliphatic heterocycles. The number of amides is 1. The van der Waals surface area contributed by atoms with E-state index >= 15 is 0 Å². The number of methoxy groups -OCH3 is 2. The smallest absolute Gasteiger partial charge is 0.351 e. The Morgan fingerprint density at radius 1 is 0.885 bits per heavy atom. The standard InChI is InChI=1S/C47H54N5O8P/c1-32(2)52(33(3)4)61(57-28-14-27-48)58-31-42-41(29-43(59-42)51-30-34(5)44(50-46(51)54)49-45(53)35-15-10-8-11-16-35)60-47(36-17-12-9-13-18-36,37-19-23-39(55-6)24-20-37)38-21-25-40(56-7)26-22-38/h8-13,15-26,30,32-33,41-43H,14,28-29,31H2,1-7H3,(H,49,50,53,54). The van der Waals surface area contributed by atoms with Gasteiger partial charge in [0.25, 0.3) is 14.4 Å². The molecule has 0 radical (unpaired) electrons. The van der Waals surface area contributed by atoms with Crippen LogP contribution in [0.5, 0.6) is 11.5 Å². The van der Waals surface area contributed by atoms with Crippen molar-refractivity contribution < 1.29 is 32.8 Å². The molecule has 0 spiro atoms. The monoisotopic (exact) mass is 847 g/mol. The predicted octanol–water partition coefficient (Wildman–Crippen LogP) is 8.78. The van der Waals surface area contributed by atoms with Crippen molar-refractivity contribution in [1.82, 2.24) is 14.2 Å². The van der Waals surface area contributed by atoms with E-state index in [2.05, 4.69) is 48.7 Å². The molecule has 0 aliphatic carbocycles. The van der Waals surface area contributed by atoms with E-state index < -0.39 is 38.3 Å². The number of rotatable bonds is 19. The van der Waals surface area contributed by atoms with Crippen LogP contribution < -0.4 is 20.5 Å². The van der Waals surface area contributed by atoms with E-state index in [1.165, 1.54) is 4.57 Å². The molecule has 61 heavy (non-hydrogen) atoms. The summed E-state index contributed by atoms with van der Waals surface area (Å²) in [6.07, 6.45) is -0.137. The number of hydrogen-bond donors (Lipinski definition) is 1. The fourth-order valence-electron chi connectivity index (χ4n) is 7.52. The molecule has 4 unspecified atom stereocenters. The largest absolute Gasteiger partial charge is 0.497 e. The third kappa shape index (κ3) is 10.5. The van der Waals surface area contributed by atoms with Crippen LogP contribution in [-0.4, -0.2) is 71.9 Å². The van der Waals surface area contributed by atoms with Crippen LogP contribution >= 0.6 is 8.53 Å². The Hall–Kier alpha value is -5.45. The van der Waals surface area contributed by atoms with Crippen LogP contribution in [-0.2, 0) is 24.1 Å². The molecule has 6 rings (SSSR count). The van der Waals surface area contributed by atoms with Crippen LogP contribution in [0.15, 0.2) is 120 Å². The first-order valence-electron chi connectivity index (χ1n) is 20.3. The van der Waals surface area contributed by atoms with Crippen molar-refractivity contribution in [2.24, 2.45) is 0 Å². The number of aryl methyl sites for hydroxylation is 1. The Morgan fingerprint density at radius 3 is 1.98 bits per heavy atom. The second kappa shape index (κ2) is 20.9. The second-order valence-corrected chi connectivity index (χ2v) is 16.6. The molecular weight excluding hydrogens is 794 g/mol. The first-order chi connectivity index (χ1) is 29.5. The van der Waals surface area contributed by atoms with E-state index in [0.29, 0.717) is 22.6 Å². The summed E-state index contributed by atoms with van der Waals surface area (Å²) in [5, 5.41) is 12.1. The summed E-state index contributed by atoms with van der Waals surface area (Å²) >= 11 is 0. The zero-order chi connectivity index (χ0) is 43.5. The topological polar surface area (TPSA) is 146 Å². The Balaban J connectivity index is 1.43. The fraction of sp³-hybridized carbons (Fsp3) is 0.362. The van der Waals surface area contributed by atoms with Gasteiger partial charge in [0, 0.05) is 35.8 Å². The summed E-state index contributed by atoms with van der Waals surface area (Å²) in [6.45, 7) is 10.3. The molecule has 13 nitrogen and oxygen atoms in total. The highest BCUT2D eigenvalue weighted by Gasteiger charge is 2.47. The average Bonchev–Trinajstić information content (AvgIpc) is 3.67. The normalized spacial score (nSPS) is 17.0. The minimum Gasteiger partial charge on any atom is -0.497 e. The summed E-state index contributed by atoms with van der Waals surface area (Å²) in [5.41, 5.74) is 1.71. The Labute approximate surface area is 359 Å². The molecule has 1 aliphatic rings. The number of anilines is 1. The van der Waals surface area contributed by atoms with E-state index in [9.17, 15) is 14.9 Å². The summed E-state index contributed by atoms with van der Waals surface area (Å²) < 4.78 is 42.1. The van der Waals surface area contributed by atoms with E-state index in [4.69, 9.17) is 28.0 Å². The summed E-state index contributed by atoms with van der Waals surface area (Å²) in [4.78, 5) is 31.3. The highest BCUT2D eigenvalue weighted by atomic mass is 31.2. The van der Waals surface area contributed by atoms with Gasteiger partial charge in [-0.25, -0.2) is 9.46 Å². The summed E-state index contributed by atoms with van der Waals surface area (Å²) in [6, 6.07) is 36.5. The van der Waals surface area contributed by atoms with Crippen molar-refractivity contribution in [2.75, 3.05) is 32.8 Å². The van der Waals surface area contributed by atoms with Gasteiger partial charge in [0.05, 0.1) is 46.0 Å². The third-order valence-corrected chi connectivity index (χ3v) is 12.5. The van der Waals surface area contributed by atoms with Crippen LogP contribution in [0.1, 0.15) is 79.4 Å². The number of hydrogen-bond acceptors (Lipinski definition) is 11. The van der Waals surface area contributed by atoms with Crippen molar-refractivity contribution >= 4 is 20.3 Å². The number of ether oxygens (including phenoxy) is 4. The zero-order valence-electron chi connectivity index (χ0n) is 35.7. The van der Waals surface area contributed by atoms with E-state index in [-0.39, 0.29) is 49.9 Å². The van der Waals surface area contributed by atoms with E-state index in [1.54, 1.807) is 51.6 Å². The highest BCUT2D eigenvalue weighted by molar-refractivity contribution is 7.44. The maximum Gasteiger partial charge on any atom is 0.351 e. The van der Waals surface area contributed by atoms with Crippen molar-refractivity contribution in [3.05, 3.63) is 154 Å². The fourth-order valence-corrected chi connectivity index (χ4v) is 9.14. The molecule has 1 aromatic heterocycles. The molecule has 320 valence electrons. The molecule has 0 saturated carbocycles. The number of aromatic nitrogens is 2. The first-order valence-corrected chi connectivity index (χ1v) is 21.5. The number of nitrogens with one attached hydrogen (secondary N) is 1. The lowest BCUT2D eigenvalue weighted by Crippen LogP contribution is -2.41. The van der Waals surface area contributed by atoms with Crippen LogP contribution in [0.4, 0.5) is 5.82 Å². The SMILES string of the molecule is COc1ccc(C(OC2CC(n3cc(C)c(NC(=O)c4ccccc4)nc3=O)OC2COP(OCCC#N)N(C(C)C)C(C)C)(c2ccccc2)c2ccc(OC)cc2)cc1. The van der Waals surface area contributed by atoms with Crippen LogP contribution in [0.2, 0.25) is 0 Å². The lowest BCUT2D eigenvalue weighted by molar-refractivity contribution is -0.0974. The Morgan fingerprint density at radius 2 is 1.44 bits per heavy atom. The average molecular weight is 848 g/mol. The van der Waals surface area contributed by atoms with Crippen LogP contribution in [0.25, 0.3) is 0 Å². The maximum atomic E-state index is 13.9. The molecule has 1 saturated heterocycles. The minimum absolute atomic E-state index is 0.0395. The van der Waals surface area contributed by atoms with Gasteiger partial charge < -0.3 is 33.3 Å². The van der Waals surface area contributed by atoms with Gasteiger partial charge in [-0.3, -0.25) is 9.36 Å². The number of carbonyl (C=O) groups is 1. The highest BCUT2D eigenvalue weighted by Crippen LogP contribution is 2.49. The van der Waals surface area contributed by atoms with Gasteiger partial charge in [-0.2, -0.15) is 10.2 Å². The van der Waals surface area contributed by atoms with Crippen molar-refractivity contribution in [2.45, 2.75) is 83.6 Å². The molecular formula is C47H54N5O8P. The van der Waals surface area contributed by atoms with Crippen molar-refractivity contribution in [3.8, 4) is 17.6 Å². The molecule has 14 heteroatoms. The number of nitriles is 1. The van der Waals surface area contributed by atoms with Gasteiger partial charge in [-0.15, -0.1) is 0 Å².